The maximum atomic E-state index is 6.20. The van der Waals surface area contributed by atoms with E-state index in [0.29, 0.717) is 0 Å². The van der Waals surface area contributed by atoms with Crippen LogP contribution in [0.4, 0.5) is 0 Å². The van der Waals surface area contributed by atoms with Crippen molar-refractivity contribution in [2.24, 2.45) is 29.4 Å². The molecular formula is C14H20N2S. The van der Waals surface area contributed by atoms with Gasteiger partial charge in [-0.05, 0) is 54.4 Å². The Morgan fingerprint density at radius 3 is 2.76 bits per heavy atom. The standard InChI is InChI=1S/C14H20N2S/c15-10(11-2-1-5-17-11)7-16-14-12-8-3-4-9(6-8)13(12)14/h1-2,5,8-10,12-14,16H,3-4,6-7,15H2. The van der Waals surface area contributed by atoms with E-state index >= 15 is 0 Å². The molecule has 0 radical (unpaired) electrons. The normalized spacial score (nSPS) is 43.7. The molecule has 3 fully saturated rings. The van der Waals surface area contributed by atoms with Crippen LogP contribution in [-0.2, 0) is 0 Å². The van der Waals surface area contributed by atoms with Crippen molar-refractivity contribution < 1.29 is 0 Å². The molecule has 3 saturated carbocycles. The van der Waals surface area contributed by atoms with E-state index < -0.39 is 0 Å². The molecule has 3 N–H and O–H groups in total. The van der Waals surface area contributed by atoms with Gasteiger partial charge in [0.25, 0.3) is 0 Å². The van der Waals surface area contributed by atoms with Crippen molar-refractivity contribution in [1.29, 1.82) is 0 Å². The van der Waals surface area contributed by atoms with E-state index in [1.54, 1.807) is 11.3 Å². The monoisotopic (exact) mass is 248 g/mol. The van der Waals surface area contributed by atoms with Gasteiger partial charge in [0.2, 0.25) is 0 Å². The summed E-state index contributed by atoms with van der Waals surface area (Å²) in [5.41, 5.74) is 6.20. The van der Waals surface area contributed by atoms with E-state index in [9.17, 15) is 0 Å². The van der Waals surface area contributed by atoms with Crippen molar-refractivity contribution in [1.82, 2.24) is 5.32 Å². The van der Waals surface area contributed by atoms with Crippen molar-refractivity contribution in [2.75, 3.05) is 6.54 Å². The van der Waals surface area contributed by atoms with E-state index in [-0.39, 0.29) is 6.04 Å². The third-order valence-corrected chi connectivity index (χ3v) is 6.22. The van der Waals surface area contributed by atoms with E-state index in [2.05, 4.69) is 22.8 Å². The van der Waals surface area contributed by atoms with Gasteiger partial charge in [-0.2, -0.15) is 0 Å². The van der Waals surface area contributed by atoms with E-state index in [1.165, 1.54) is 24.1 Å². The lowest BCUT2D eigenvalue weighted by atomic mass is 10.0. The SMILES string of the molecule is NC(CNC1C2C3CCC(C3)C12)c1cccs1. The van der Waals surface area contributed by atoms with Crippen LogP contribution in [0.2, 0.25) is 0 Å². The summed E-state index contributed by atoms with van der Waals surface area (Å²) in [6.07, 6.45) is 4.53. The molecule has 5 unspecified atom stereocenters. The molecule has 0 saturated heterocycles. The fourth-order valence-electron chi connectivity index (χ4n) is 4.46. The number of hydrogen-bond donors (Lipinski definition) is 2. The third-order valence-electron chi connectivity index (χ3n) is 5.22. The molecule has 0 spiro atoms. The van der Waals surface area contributed by atoms with E-state index in [4.69, 9.17) is 5.73 Å². The Balaban J connectivity index is 1.33. The first kappa shape index (κ1) is 10.5. The summed E-state index contributed by atoms with van der Waals surface area (Å²) in [6, 6.07) is 5.24. The first-order chi connectivity index (χ1) is 8.34. The Kier molecular flexibility index (Phi) is 2.36. The molecule has 0 amide bonds. The smallest absolute Gasteiger partial charge is 0.0516 e. The molecule has 3 aliphatic carbocycles. The van der Waals surface area contributed by atoms with Crippen molar-refractivity contribution in [3.63, 3.8) is 0 Å². The lowest BCUT2D eigenvalue weighted by Gasteiger charge is -2.14. The first-order valence-corrected chi connectivity index (χ1v) is 7.75. The summed E-state index contributed by atoms with van der Waals surface area (Å²) in [5, 5.41) is 5.84. The molecule has 5 atom stereocenters. The van der Waals surface area contributed by atoms with E-state index in [0.717, 1.165) is 36.3 Å². The molecule has 1 aromatic rings. The van der Waals surface area contributed by atoms with Crippen LogP contribution in [0, 0.1) is 23.7 Å². The summed E-state index contributed by atoms with van der Waals surface area (Å²) in [4.78, 5) is 1.31. The highest BCUT2D eigenvalue weighted by molar-refractivity contribution is 7.10. The predicted octanol–water partition coefficient (Wildman–Crippen LogP) is 2.38. The average Bonchev–Trinajstić information content (AvgIpc) is 2.84. The minimum absolute atomic E-state index is 0.189. The van der Waals surface area contributed by atoms with Gasteiger partial charge >= 0.3 is 0 Å². The van der Waals surface area contributed by atoms with Crippen LogP contribution in [0.5, 0.6) is 0 Å². The molecule has 2 nitrogen and oxygen atoms in total. The van der Waals surface area contributed by atoms with Gasteiger partial charge in [0.05, 0.1) is 6.04 Å². The number of hydrogen-bond acceptors (Lipinski definition) is 3. The molecule has 0 aromatic carbocycles. The maximum absolute atomic E-state index is 6.20. The summed E-state index contributed by atoms with van der Waals surface area (Å²) in [7, 11) is 0. The molecular weight excluding hydrogens is 228 g/mol. The molecule has 2 bridgehead atoms. The predicted molar refractivity (Wildman–Crippen MR) is 70.8 cm³/mol. The van der Waals surface area contributed by atoms with E-state index in [1.807, 2.05) is 0 Å². The lowest BCUT2D eigenvalue weighted by Crippen LogP contribution is -2.31. The number of nitrogens with one attached hydrogen (secondary N) is 1. The molecule has 17 heavy (non-hydrogen) atoms. The number of thiophene rings is 1. The fraction of sp³-hybridized carbons (Fsp3) is 0.714. The zero-order valence-corrected chi connectivity index (χ0v) is 10.8. The van der Waals surface area contributed by atoms with Gasteiger partial charge in [-0.15, -0.1) is 11.3 Å². The number of nitrogens with two attached hydrogens (primary N) is 1. The minimum Gasteiger partial charge on any atom is -0.322 e. The Labute approximate surface area is 107 Å². The van der Waals surface area contributed by atoms with Gasteiger partial charge in [-0.25, -0.2) is 0 Å². The average molecular weight is 248 g/mol. The van der Waals surface area contributed by atoms with Gasteiger partial charge in [-0.3, -0.25) is 0 Å². The van der Waals surface area contributed by atoms with Gasteiger partial charge in [0.1, 0.15) is 0 Å². The highest BCUT2D eigenvalue weighted by Crippen LogP contribution is 2.65. The highest BCUT2D eigenvalue weighted by Gasteiger charge is 2.64. The summed E-state index contributed by atoms with van der Waals surface area (Å²) in [5.74, 6) is 4.15. The van der Waals surface area contributed by atoms with Crippen LogP contribution in [0.15, 0.2) is 17.5 Å². The summed E-state index contributed by atoms with van der Waals surface area (Å²) >= 11 is 1.77. The van der Waals surface area contributed by atoms with Gasteiger partial charge in [0, 0.05) is 17.5 Å². The van der Waals surface area contributed by atoms with Crippen LogP contribution in [-0.4, -0.2) is 12.6 Å². The summed E-state index contributed by atoms with van der Waals surface area (Å²) in [6.45, 7) is 0.956. The molecule has 1 heterocycles. The Morgan fingerprint density at radius 1 is 1.35 bits per heavy atom. The van der Waals surface area contributed by atoms with Gasteiger partial charge < -0.3 is 11.1 Å². The van der Waals surface area contributed by atoms with Crippen LogP contribution >= 0.6 is 11.3 Å². The third kappa shape index (κ3) is 1.60. The minimum atomic E-state index is 0.189. The van der Waals surface area contributed by atoms with Crippen LogP contribution in [0.25, 0.3) is 0 Å². The van der Waals surface area contributed by atoms with Crippen molar-refractivity contribution >= 4 is 11.3 Å². The van der Waals surface area contributed by atoms with Gasteiger partial charge in [0.15, 0.2) is 0 Å². The van der Waals surface area contributed by atoms with Crippen molar-refractivity contribution in [2.45, 2.75) is 31.3 Å². The van der Waals surface area contributed by atoms with Crippen molar-refractivity contribution in [3.05, 3.63) is 22.4 Å². The summed E-state index contributed by atoms with van der Waals surface area (Å²) < 4.78 is 0. The Hall–Kier alpha value is -0.380. The highest BCUT2D eigenvalue weighted by atomic mass is 32.1. The quantitative estimate of drug-likeness (QED) is 0.858. The second kappa shape index (κ2) is 3.81. The topological polar surface area (TPSA) is 38.0 Å². The fourth-order valence-corrected chi connectivity index (χ4v) is 5.19. The largest absolute Gasteiger partial charge is 0.322 e. The number of fused-ring (bicyclic) bond motifs is 5. The molecule has 4 rings (SSSR count). The Morgan fingerprint density at radius 2 is 2.12 bits per heavy atom. The van der Waals surface area contributed by atoms with Crippen molar-refractivity contribution in [3.8, 4) is 0 Å². The van der Waals surface area contributed by atoms with Crippen LogP contribution < -0.4 is 11.1 Å². The second-order valence-electron chi connectivity index (χ2n) is 6.04. The van der Waals surface area contributed by atoms with Crippen LogP contribution in [0.1, 0.15) is 30.2 Å². The number of rotatable bonds is 4. The molecule has 3 aliphatic rings. The van der Waals surface area contributed by atoms with Gasteiger partial charge in [-0.1, -0.05) is 6.07 Å². The Bertz CT molecular complexity index is 386. The second-order valence-corrected chi connectivity index (χ2v) is 7.02. The molecule has 1 aromatic heterocycles. The zero-order valence-electron chi connectivity index (χ0n) is 10.0. The first-order valence-electron chi connectivity index (χ1n) is 6.87. The lowest BCUT2D eigenvalue weighted by molar-refractivity contribution is 0.452. The zero-order chi connectivity index (χ0) is 11.4. The molecule has 92 valence electrons. The molecule has 3 heteroatoms. The molecule has 0 aliphatic heterocycles. The van der Waals surface area contributed by atoms with Crippen LogP contribution in [0.3, 0.4) is 0 Å². The maximum Gasteiger partial charge on any atom is 0.0516 e.